The third kappa shape index (κ3) is 8.06. The van der Waals surface area contributed by atoms with Crippen molar-refractivity contribution < 1.29 is 19.7 Å². The second kappa shape index (κ2) is 13.4. The number of ether oxygens (including phenoxy) is 1. The van der Waals surface area contributed by atoms with Crippen LogP contribution < -0.4 is 10.1 Å². The van der Waals surface area contributed by atoms with Crippen LogP contribution in [-0.2, 0) is 13.1 Å². The number of aromatic nitrogens is 2. The number of carbonyl (C=O) groups is 1. The van der Waals surface area contributed by atoms with Crippen LogP contribution in [0.4, 0.5) is 5.69 Å². The van der Waals surface area contributed by atoms with Crippen molar-refractivity contribution in [3.05, 3.63) is 76.1 Å². The van der Waals surface area contributed by atoms with Crippen molar-refractivity contribution in [2.45, 2.75) is 33.9 Å². The van der Waals surface area contributed by atoms with Gasteiger partial charge in [0.2, 0.25) is 0 Å². The van der Waals surface area contributed by atoms with E-state index in [1.54, 1.807) is 16.8 Å². The number of hydrogen-bond acceptors (Lipinski definition) is 6. The summed E-state index contributed by atoms with van der Waals surface area (Å²) >= 11 is 6.23. The topological polar surface area (TPSA) is 99.9 Å². The Morgan fingerprint density at radius 2 is 1.81 bits per heavy atom. The van der Waals surface area contributed by atoms with Crippen LogP contribution in [0.5, 0.6) is 5.75 Å². The van der Waals surface area contributed by atoms with E-state index in [1.807, 2.05) is 48.2 Å². The lowest BCUT2D eigenvalue weighted by molar-refractivity contribution is 0.102. The van der Waals surface area contributed by atoms with Crippen LogP contribution in [-0.4, -0.2) is 63.7 Å². The average Bonchev–Trinajstić information content (AvgIpc) is 3.20. The lowest BCUT2D eigenvalue weighted by atomic mass is 10.2. The Bertz CT molecular complexity index is 1130. The van der Waals surface area contributed by atoms with Crippen LogP contribution in [0.1, 0.15) is 41.2 Å². The summed E-state index contributed by atoms with van der Waals surface area (Å²) in [4.78, 5) is 14.8. The molecule has 0 spiro atoms. The highest BCUT2D eigenvalue weighted by Gasteiger charge is 2.15. The van der Waals surface area contributed by atoms with Crippen LogP contribution in [0.2, 0.25) is 5.02 Å². The molecule has 0 aliphatic carbocycles. The van der Waals surface area contributed by atoms with Crippen LogP contribution in [0.15, 0.2) is 48.5 Å². The first kappa shape index (κ1) is 27.7. The Balaban J connectivity index is 1.67. The summed E-state index contributed by atoms with van der Waals surface area (Å²) in [7, 11) is 0. The molecule has 0 aliphatic rings. The third-order valence-corrected chi connectivity index (χ3v) is 5.81. The Kier molecular flexibility index (Phi) is 10.3. The number of hydrogen-bond donors (Lipinski definition) is 3. The minimum absolute atomic E-state index is 0.0315. The van der Waals surface area contributed by atoms with Gasteiger partial charge in [-0.05, 0) is 54.8 Å². The molecule has 36 heavy (non-hydrogen) atoms. The highest BCUT2D eigenvalue weighted by atomic mass is 35.5. The van der Waals surface area contributed by atoms with Gasteiger partial charge in [-0.2, -0.15) is 5.10 Å². The first-order chi connectivity index (χ1) is 17.3. The molecule has 9 heteroatoms. The Labute approximate surface area is 217 Å². The average molecular weight is 515 g/mol. The molecule has 0 bridgehead atoms. The minimum Gasteiger partial charge on any atom is -0.493 e. The molecule has 3 aromatic rings. The number of aliphatic hydroxyl groups excluding tert-OH is 2. The van der Waals surface area contributed by atoms with Crippen LogP contribution in [0.25, 0.3) is 0 Å². The Morgan fingerprint density at radius 1 is 1.11 bits per heavy atom. The van der Waals surface area contributed by atoms with Crippen molar-refractivity contribution in [1.29, 1.82) is 0 Å². The van der Waals surface area contributed by atoms with Crippen LogP contribution >= 0.6 is 11.6 Å². The molecule has 8 nitrogen and oxygen atoms in total. The number of aliphatic hydroxyl groups is 2. The molecule has 1 aromatic heterocycles. The second-order valence-electron chi connectivity index (χ2n) is 9.16. The summed E-state index contributed by atoms with van der Waals surface area (Å²) in [6.45, 7) is 8.76. The SMILES string of the molecule is Cc1cc(C(=O)Nc2ccc(CN(CCO)CCO)cc2)nn1Cc1cc(Cl)ccc1OCC(C)C. The van der Waals surface area contributed by atoms with Crippen molar-refractivity contribution in [3.8, 4) is 5.75 Å². The van der Waals surface area contributed by atoms with Crippen molar-refractivity contribution in [3.63, 3.8) is 0 Å². The predicted molar refractivity (Wildman–Crippen MR) is 142 cm³/mol. The quantitative estimate of drug-likeness (QED) is 0.319. The number of amides is 1. The zero-order valence-corrected chi connectivity index (χ0v) is 21.8. The maximum absolute atomic E-state index is 12.9. The summed E-state index contributed by atoms with van der Waals surface area (Å²) in [6.07, 6.45) is 0. The van der Waals surface area contributed by atoms with Gasteiger partial charge in [0, 0.05) is 41.6 Å². The minimum atomic E-state index is -0.297. The van der Waals surface area contributed by atoms with E-state index >= 15 is 0 Å². The first-order valence-electron chi connectivity index (χ1n) is 12.1. The number of rotatable bonds is 13. The standard InChI is InChI=1S/C27H35ClN4O4/c1-19(2)18-36-26-9-6-23(28)15-22(26)17-32-20(3)14-25(30-32)27(35)29-24-7-4-21(5-8-24)16-31(10-12-33)11-13-34/h4-9,14-15,19,33-34H,10-13,16-18H2,1-3H3,(H,29,35). The summed E-state index contributed by atoms with van der Waals surface area (Å²) in [5.41, 5.74) is 3.74. The molecule has 194 valence electrons. The molecule has 3 N–H and O–H groups in total. The van der Waals surface area contributed by atoms with E-state index in [4.69, 9.17) is 16.3 Å². The molecule has 0 aliphatic heterocycles. The highest BCUT2D eigenvalue weighted by molar-refractivity contribution is 6.30. The molecular weight excluding hydrogens is 480 g/mol. The molecular formula is C27H35ClN4O4. The number of nitrogens with one attached hydrogen (secondary N) is 1. The van der Waals surface area contributed by atoms with Gasteiger partial charge in [-0.15, -0.1) is 0 Å². The van der Waals surface area contributed by atoms with E-state index in [-0.39, 0.29) is 19.1 Å². The first-order valence-corrected chi connectivity index (χ1v) is 12.5. The summed E-state index contributed by atoms with van der Waals surface area (Å²) < 4.78 is 7.72. The van der Waals surface area contributed by atoms with E-state index in [0.717, 1.165) is 22.6 Å². The number of halogens is 1. The number of aryl methyl sites for hydroxylation is 1. The molecule has 0 saturated heterocycles. The van der Waals surface area contributed by atoms with Gasteiger partial charge < -0.3 is 20.3 Å². The van der Waals surface area contributed by atoms with Crippen molar-refractivity contribution >= 4 is 23.2 Å². The van der Waals surface area contributed by atoms with Gasteiger partial charge >= 0.3 is 0 Å². The molecule has 0 saturated carbocycles. The van der Waals surface area contributed by atoms with E-state index < -0.39 is 0 Å². The van der Waals surface area contributed by atoms with Gasteiger partial charge in [-0.1, -0.05) is 37.6 Å². The van der Waals surface area contributed by atoms with E-state index in [2.05, 4.69) is 24.3 Å². The molecule has 2 aromatic carbocycles. The fourth-order valence-corrected chi connectivity index (χ4v) is 3.91. The van der Waals surface area contributed by atoms with Gasteiger partial charge in [0.25, 0.3) is 5.91 Å². The number of benzene rings is 2. The smallest absolute Gasteiger partial charge is 0.276 e. The van der Waals surface area contributed by atoms with Crippen molar-refractivity contribution in [2.24, 2.45) is 5.92 Å². The van der Waals surface area contributed by atoms with E-state index in [1.165, 1.54) is 0 Å². The van der Waals surface area contributed by atoms with Gasteiger partial charge in [0.1, 0.15) is 5.75 Å². The largest absolute Gasteiger partial charge is 0.493 e. The number of carbonyl (C=O) groups excluding carboxylic acids is 1. The van der Waals surface area contributed by atoms with Gasteiger partial charge in [-0.3, -0.25) is 14.4 Å². The molecule has 0 atom stereocenters. The monoisotopic (exact) mass is 514 g/mol. The fourth-order valence-electron chi connectivity index (χ4n) is 3.71. The Morgan fingerprint density at radius 3 is 2.44 bits per heavy atom. The zero-order chi connectivity index (χ0) is 26.1. The number of anilines is 1. The molecule has 3 rings (SSSR count). The molecule has 1 amide bonds. The van der Waals surface area contributed by atoms with E-state index in [0.29, 0.717) is 55.1 Å². The normalized spacial score (nSPS) is 11.3. The lowest BCUT2D eigenvalue weighted by Crippen LogP contribution is -2.29. The lowest BCUT2D eigenvalue weighted by Gasteiger charge is -2.20. The summed E-state index contributed by atoms with van der Waals surface area (Å²) in [5, 5.41) is 26.4. The molecule has 0 unspecified atom stereocenters. The maximum atomic E-state index is 12.9. The van der Waals surface area contributed by atoms with Crippen LogP contribution in [0, 0.1) is 12.8 Å². The number of nitrogens with zero attached hydrogens (tertiary/aromatic N) is 3. The Hall–Kier alpha value is -2.91. The predicted octanol–water partition coefficient (Wildman–Crippen LogP) is 3.97. The van der Waals surface area contributed by atoms with Gasteiger partial charge in [0.15, 0.2) is 5.69 Å². The summed E-state index contributed by atoms with van der Waals surface area (Å²) in [6, 6.07) is 14.8. The summed E-state index contributed by atoms with van der Waals surface area (Å²) in [5.74, 6) is 0.851. The van der Waals surface area contributed by atoms with Crippen molar-refractivity contribution in [2.75, 3.05) is 38.2 Å². The second-order valence-corrected chi connectivity index (χ2v) is 9.60. The third-order valence-electron chi connectivity index (χ3n) is 5.58. The zero-order valence-electron chi connectivity index (χ0n) is 21.1. The van der Waals surface area contributed by atoms with Gasteiger partial charge in [0.05, 0.1) is 26.4 Å². The van der Waals surface area contributed by atoms with E-state index in [9.17, 15) is 15.0 Å². The molecule has 0 radical (unpaired) electrons. The fraction of sp³-hybridized carbons (Fsp3) is 0.407. The maximum Gasteiger partial charge on any atom is 0.276 e. The molecule has 0 fully saturated rings. The van der Waals surface area contributed by atoms with Crippen LogP contribution in [0.3, 0.4) is 0 Å². The van der Waals surface area contributed by atoms with Gasteiger partial charge in [-0.25, -0.2) is 0 Å². The molecule has 1 heterocycles. The van der Waals surface area contributed by atoms with Crippen molar-refractivity contribution in [1.82, 2.24) is 14.7 Å². The highest BCUT2D eigenvalue weighted by Crippen LogP contribution is 2.25.